The highest BCUT2D eigenvalue weighted by Crippen LogP contribution is 2.16. The quantitative estimate of drug-likeness (QED) is 0.844. The molecule has 0 aliphatic carbocycles. The Hall–Kier alpha value is -2.21. The van der Waals surface area contributed by atoms with Crippen LogP contribution in [0.2, 0.25) is 0 Å². The van der Waals surface area contributed by atoms with Crippen molar-refractivity contribution in [3.05, 3.63) is 71.3 Å². The van der Waals surface area contributed by atoms with Crippen LogP contribution in [0.5, 0.6) is 0 Å². The number of hydrogen-bond donors (Lipinski definition) is 2. The first-order valence-electron chi connectivity index (χ1n) is 8.62. The van der Waals surface area contributed by atoms with Crippen molar-refractivity contribution in [3.63, 3.8) is 0 Å². The van der Waals surface area contributed by atoms with E-state index < -0.39 is 12.1 Å². The second-order valence-corrected chi connectivity index (χ2v) is 6.51. The molecule has 1 aliphatic heterocycles. The molecule has 25 heavy (non-hydrogen) atoms. The lowest BCUT2D eigenvalue weighted by Gasteiger charge is -2.35. The molecule has 2 N–H and O–H groups in total. The Kier molecular flexibility index (Phi) is 5.81. The van der Waals surface area contributed by atoms with E-state index in [2.05, 4.69) is 9.80 Å². The van der Waals surface area contributed by atoms with Gasteiger partial charge in [0.15, 0.2) is 0 Å². The average molecular weight is 340 g/mol. The highest BCUT2D eigenvalue weighted by molar-refractivity contribution is 5.87. The standard InChI is InChI=1S/C20H24N2O3/c23-19(17-4-2-1-3-5-17)15-22-12-10-21(11-13-22)14-16-6-8-18(9-7-16)20(24)25/h1-9,19,23H,10-15H2,(H,24,25). The molecule has 1 fully saturated rings. The summed E-state index contributed by atoms with van der Waals surface area (Å²) in [4.78, 5) is 15.5. The molecule has 0 saturated carbocycles. The zero-order chi connectivity index (χ0) is 17.6. The molecule has 0 spiro atoms. The first-order chi connectivity index (χ1) is 12.1. The molecule has 0 aromatic heterocycles. The summed E-state index contributed by atoms with van der Waals surface area (Å²) >= 11 is 0. The van der Waals surface area contributed by atoms with Gasteiger partial charge in [0.1, 0.15) is 0 Å². The fraction of sp³-hybridized carbons (Fsp3) is 0.350. The van der Waals surface area contributed by atoms with Crippen molar-refractivity contribution in [2.24, 2.45) is 0 Å². The number of benzene rings is 2. The third-order valence-corrected chi connectivity index (χ3v) is 4.69. The summed E-state index contributed by atoms with van der Waals surface area (Å²) in [6.07, 6.45) is -0.448. The number of β-amino-alcohol motifs (C(OH)–C–C–N with tert-alkyl or cyclic N) is 1. The van der Waals surface area contributed by atoms with Gasteiger partial charge in [0.05, 0.1) is 11.7 Å². The molecule has 1 unspecified atom stereocenters. The smallest absolute Gasteiger partial charge is 0.335 e. The van der Waals surface area contributed by atoms with Gasteiger partial charge in [0, 0.05) is 39.3 Å². The maximum absolute atomic E-state index is 10.9. The number of aromatic carboxylic acids is 1. The van der Waals surface area contributed by atoms with Crippen molar-refractivity contribution in [2.45, 2.75) is 12.6 Å². The second kappa shape index (κ2) is 8.25. The van der Waals surface area contributed by atoms with Crippen LogP contribution in [0.1, 0.15) is 27.6 Å². The molecule has 0 radical (unpaired) electrons. The molecule has 1 atom stereocenters. The summed E-state index contributed by atoms with van der Waals surface area (Å²) in [6.45, 7) is 5.23. The van der Waals surface area contributed by atoms with E-state index in [4.69, 9.17) is 5.11 Å². The summed E-state index contributed by atoms with van der Waals surface area (Å²) in [5, 5.41) is 19.3. The minimum Gasteiger partial charge on any atom is -0.478 e. The number of aliphatic hydroxyl groups is 1. The maximum Gasteiger partial charge on any atom is 0.335 e. The van der Waals surface area contributed by atoms with E-state index in [1.54, 1.807) is 12.1 Å². The number of carboxylic acid groups (broad SMARTS) is 1. The van der Waals surface area contributed by atoms with E-state index in [1.165, 1.54) is 0 Å². The van der Waals surface area contributed by atoms with Gasteiger partial charge in [0.25, 0.3) is 0 Å². The third kappa shape index (κ3) is 4.89. The third-order valence-electron chi connectivity index (χ3n) is 4.69. The molecule has 132 valence electrons. The van der Waals surface area contributed by atoms with Gasteiger partial charge in [-0.05, 0) is 23.3 Å². The van der Waals surface area contributed by atoms with Gasteiger partial charge in [0.2, 0.25) is 0 Å². The van der Waals surface area contributed by atoms with Crippen LogP contribution in [-0.4, -0.2) is 58.7 Å². The number of carboxylic acids is 1. The molecule has 5 heteroatoms. The second-order valence-electron chi connectivity index (χ2n) is 6.51. The monoisotopic (exact) mass is 340 g/mol. The molecule has 1 heterocycles. The van der Waals surface area contributed by atoms with Gasteiger partial charge in [-0.25, -0.2) is 4.79 Å². The highest BCUT2D eigenvalue weighted by atomic mass is 16.4. The zero-order valence-electron chi connectivity index (χ0n) is 14.2. The van der Waals surface area contributed by atoms with Crippen molar-refractivity contribution in [1.29, 1.82) is 0 Å². The van der Waals surface area contributed by atoms with Crippen molar-refractivity contribution < 1.29 is 15.0 Å². The molecule has 1 saturated heterocycles. The van der Waals surface area contributed by atoms with Crippen LogP contribution >= 0.6 is 0 Å². The highest BCUT2D eigenvalue weighted by Gasteiger charge is 2.20. The van der Waals surface area contributed by atoms with Crippen molar-refractivity contribution in [1.82, 2.24) is 9.80 Å². The summed E-state index contributed by atoms with van der Waals surface area (Å²) in [5.74, 6) is -0.892. The van der Waals surface area contributed by atoms with Gasteiger partial charge in [-0.15, -0.1) is 0 Å². The summed E-state index contributed by atoms with van der Waals surface area (Å²) in [7, 11) is 0. The van der Waals surface area contributed by atoms with Gasteiger partial charge in [-0.2, -0.15) is 0 Å². The van der Waals surface area contributed by atoms with Crippen LogP contribution < -0.4 is 0 Å². The first kappa shape index (κ1) is 17.6. The van der Waals surface area contributed by atoms with Gasteiger partial charge in [-0.1, -0.05) is 42.5 Å². The largest absolute Gasteiger partial charge is 0.478 e. The van der Waals surface area contributed by atoms with Crippen LogP contribution in [0.25, 0.3) is 0 Å². The topological polar surface area (TPSA) is 64.0 Å². The molecule has 0 bridgehead atoms. The molecule has 5 nitrogen and oxygen atoms in total. The Morgan fingerprint density at radius 1 is 0.920 bits per heavy atom. The Bertz CT molecular complexity index is 680. The van der Waals surface area contributed by atoms with Crippen molar-refractivity contribution in [2.75, 3.05) is 32.7 Å². The Morgan fingerprint density at radius 2 is 1.52 bits per heavy atom. The number of rotatable bonds is 6. The number of carbonyl (C=O) groups is 1. The van der Waals surface area contributed by atoms with Crippen molar-refractivity contribution >= 4 is 5.97 Å². The van der Waals surface area contributed by atoms with E-state index in [9.17, 15) is 9.90 Å². The molecule has 2 aromatic carbocycles. The van der Waals surface area contributed by atoms with Crippen LogP contribution in [0.3, 0.4) is 0 Å². The predicted molar refractivity (Wildman–Crippen MR) is 96.5 cm³/mol. The van der Waals surface area contributed by atoms with Crippen LogP contribution in [0, 0.1) is 0 Å². The number of piperazine rings is 1. The normalized spacial score (nSPS) is 17.3. The van der Waals surface area contributed by atoms with Gasteiger partial charge in [-0.3, -0.25) is 9.80 Å². The zero-order valence-corrected chi connectivity index (χ0v) is 14.2. The van der Waals surface area contributed by atoms with Crippen LogP contribution in [0.4, 0.5) is 0 Å². The fourth-order valence-corrected chi connectivity index (χ4v) is 3.17. The lowest BCUT2D eigenvalue weighted by atomic mass is 10.1. The average Bonchev–Trinajstić information content (AvgIpc) is 2.64. The molecule has 0 amide bonds. The summed E-state index contributed by atoms with van der Waals surface area (Å²) in [6, 6.07) is 16.9. The summed E-state index contributed by atoms with van der Waals surface area (Å²) in [5.41, 5.74) is 2.41. The number of hydrogen-bond acceptors (Lipinski definition) is 4. The molecular formula is C20H24N2O3. The molecule has 1 aliphatic rings. The van der Waals surface area contributed by atoms with E-state index in [-0.39, 0.29) is 0 Å². The Balaban J connectivity index is 1.46. The Labute approximate surface area is 148 Å². The fourth-order valence-electron chi connectivity index (χ4n) is 3.17. The molecule has 3 rings (SSSR count). The minimum absolute atomic E-state index is 0.323. The lowest BCUT2D eigenvalue weighted by molar-refractivity contribution is 0.0691. The minimum atomic E-state index is -0.892. The van der Waals surface area contributed by atoms with Crippen molar-refractivity contribution in [3.8, 4) is 0 Å². The SMILES string of the molecule is O=C(O)c1ccc(CN2CCN(CC(O)c3ccccc3)CC2)cc1. The Morgan fingerprint density at radius 3 is 2.12 bits per heavy atom. The maximum atomic E-state index is 10.9. The summed E-state index contributed by atoms with van der Waals surface area (Å²) < 4.78 is 0. The number of nitrogens with zero attached hydrogens (tertiary/aromatic N) is 2. The first-order valence-corrected chi connectivity index (χ1v) is 8.62. The van der Waals surface area contributed by atoms with Crippen LogP contribution in [-0.2, 0) is 6.54 Å². The van der Waals surface area contributed by atoms with E-state index >= 15 is 0 Å². The van der Waals surface area contributed by atoms with Crippen LogP contribution in [0.15, 0.2) is 54.6 Å². The van der Waals surface area contributed by atoms with E-state index in [0.29, 0.717) is 12.1 Å². The predicted octanol–water partition coefficient (Wildman–Crippen LogP) is 2.24. The van der Waals surface area contributed by atoms with Gasteiger partial charge >= 0.3 is 5.97 Å². The van der Waals surface area contributed by atoms with Gasteiger partial charge < -0.3 is 10.2 Å². The lowest BCUT2D eigenvalue weighted by Crippen LogP contribution is -2.47. The van der Waals surface area contributed by atoms with E-state index in [0.717, 1.165) is 43.9 Å². The number of aliphatic hydroxyl groups excluding tert-OH is 1. The molecular weight excluding hydrogens is 316 g/mol. The molecule has 2 aromatic rings. The van der Waals surface area contributed by atoms with E-state index in [1.807, 2.05) is 42.5 Å².